The largest absolute Gasteiger partial charge is 0.462 e. The molecule has 1 N–H and O–H groups in total. The van der Waals surface area contributed by atoms with Crippen molar-refractivity contribution in [3.05, 3.63) is 34.4 Å². The van der Waals surface area contributed by atoms with Crippen LogP contribution in [0.2, 0.25) is 0 Å². The fourth-order valence-corrected chi connectivity index (χ4v) is 3.95. The van der Waals surface area contributed by atoms with Gasteiger partial charge in [0, 0.05) is 41.4 Å². The summed E-state index contributed by atoms with van der Waals surface area (Å²) in [6, 6.07) is 0. The molecule has 2 rings (SSSR count). The minimum absolute atomic E-state index is 0.0721. The first-order valence-corrected chi connectivity index (χ1v) is 9.75. The van der Waals surface area contributed by atoms with E-state index in [1.54, 1.807) is 39.8 Å². The second-order valence-corrected chi connectivity index (χ2v) is 7.83. The van der Waals surface area contributed by atoms with Gasteiger partial charge in [0.15, 0.2) is 0 Å². The van der Waals surface area contributed by atoms with Crippen molar-refractivity contribution in [1.82, 2.24) is 0 Å². The molecule has 0 spiro atoms. The predicted octanol–water partition coefficient (Wildman–Crippen LogP) is 2.16. The van der Waals surface area contributed by atoms with Crippen LogP contribution in [0.5, 0.6) is 0 Å². The Labute approximate surface area is 175 Å². The SMILES string of the molecule is C/C=C(/C)C(=O)O[C@H](C1=C(C)C(=O)O[C@@H]1O)[C@@]1(C)C(C=O)=CC[C@H](OC(C)=O)[C@@H]1C. The number of carbonyl (C=O) groups excluding carboxylic acids is 4. The Balaban J connectivity index is 2.67. The van der Waals surface area contributed by atoms with E-state index in [2.05, 4.69) is 0 Å². The standard InChI is InChI=1S/C22H28O8/c1-7-11(2)19(25)29-18(17-12(3)20(26)30-21(17)27)22(6)13(4)16(28-14(5)24)9-8-15(22)10-23/h7-8,10,13,16,18,21,27H,9H2,1-6H3/b11-7-/t13-,16-,18+,21-,22+/m0/s1. The van der Waals surface area contributed by atoms with Crippen molar-refractivity contribution in [2.75, 3.05) is 0 Å². The van der Waals surface area contributed by atoms with Crippen molar-refractivity contribution in [2.45, 2.75) is 66.5 Å². The summed E-state index contributed by atoms with van der Waals surface area (Å²) in [5.41, 5.74) is -0.385. The van der Waals surface area contributed by atoms with Crippen LogP contribution in [0.1, 0.15) is 48.0 Å². The topological polar surface area (TPSA) is 116 Å². The second kappa shape index (κ2) is 8.95. The van der Waals surface area contributed by atoms with E-state index in [0.717, 1.165) is 0 Å². The summed E-state index contributed by atoms with van der Waals surface area (Å²) in [4.78, 5) is 48.3. The predicted molar refractivity (Wildman–Crippen MR) is 106 cm³/mol. The minimum Gasteiger partial charge on any atom is -0.462 e. The van der Waals surface area contributed by atoms with Crippen LogP contribution in [-0.2, 0) is 33.4 Å². The number of hydrogen-bond donors (Lipinski definition) is 1. The average Bonchev–Trinajstić information content (AvgIpc) is 2.94. The normalized spacial score (nSPS) is 30.4. The number of rotatable bonds is 6. The van der Waals surface area contributed by atoms with E-state index in [-0.39, 0.29) is 11.1 Å². The molecule has 1 aliphatic heterocycles. The van der Waals surface area contributed by atoms with Crippen molar-refractivity contribution in [3.63, 3.8) is 0 Å². The molecular formula is C22H28O8. The van der Waals surface area contributed by atoms with Crippen LogP contribution in [0.25, 0.3) is 0 Å². The number of aliphatic hydroxyl groups excluding tert-OH is 1. The zero-order valence-corrected chi connectivity index (χ0v) is 18.1. The molecule has 30 heavy (non-hydrogen) atoms. The molecular weight excluding hydrogens is 392 g/mol. The molecule has 0 fully saturated rings. The number of aliphatic hydroxyl groups is 1. The summed E-state index contributed by atoms with van der Waals surface area (Å²) in [7, 11) is 0. The highest BCUT2D eigenvalue weighted by Gasteiger charge is 2.54. The number of ether oxygens (including phenoxy) is 3. The van der Waals surface area contributed by atoms with Crippen LogP contribution >= 0.6 is 0 Å². The van der Waals surface area contributed by atoms with Crippen LogP contribution in [0.3, 0.4) is 0 Å². The van der Waals surface area contributed by atoms with Crippen molar-refractivity contribution in [3.8, 4) is 0 Å². The molecule has 2 aliphatic rings. The van der Waals surface area contributed by atoms with Gasteiger partial charge in [-0.25, -0.2) is 9.59 Å². The molecule has 164 valence electrons. The first-order valence-electron chi connectivity index (χ1n) is 9.75. The minimum atomic E-state index is -1.62. The third-order valence-corrected chi connectivity index (χ3v) is 6.17. The van der Waals surface area contributed by atoms with Gasteiger partial charge in [0.2, 0.25) is 6.29 Å². The van der Waals surface area contributed by atoms with Crippen LogP contribution in [0, 0.1) is 11.3 Å². The van der Waals surface area contributed by atoms with E-state index in [1.807, 2.05) is 0 Å². The number of hydrogen-bond acceptors (Lipinski definition) is 8. The van der Waals surface area contributed by atoms with Gasteiger partial charge >= 0.3 is 17.9 Å². The molecule has 0 amide bonds. The Hall–Kier alpha value is -2.74. The number of allylic oxidation sites excluding steroid dienone is 1. The summed E-state index contributed by atoms with van der Waals surface area (Å²) in [5, 5.41) is 10.4. The Morgan fingerprint density at radius 3 is 2.47 bits per heavy atom. The van der Waals surface area contributed by atoms with Gasteiger partial charge in [-0.15, -0.1) is 0 Å². The molecule has 0 radical (unpaired) electrons. The second-order valence-electron chi connectivity index (χ2n) is 7.83. The van der Waals surface area contributed by atoms with Gasteiger partial charge in [-0.3, -0.25) is 9.59 Å². The number of carbonyl (C=O) groups is 4. The first kappa shape index (κ1) is 23.5. The van der Waals surface area contributed by atoms with Crippen LogP contribution in [0.4, 0.5) is 0 Å². The van der Waals surface area contributed by atoms with E-state index in [9.17, 15) is 24.3 Å². The van der Waals surface area contributed by atoms with E-state index >= 15 is 0 Å². The lowest BCUT2D eigenvalue weighted by Crippen LogP contribution is -2.52. The highest BCUT2D eigenvalue weighted by molar-refractivity contribution is 5.93. The summed E-state index contributed by atoms with van der Waals surface area (Å²) in [6.07, 6.45) is 0.760. The Bertz CT molecular complexity index is 849. The van der Waals surface area contributed by atoms with Crippen molar-refractivity contribution in [2.24, 2.45) is 11.3 Å². The highest BCUT2D eigenvalue weighted by Crippen LogP contribution is 2.50. The molecule has 1 heterocycles. The van der Waals surface area contributed by atoms with Gasteiger partial charge < -0.3 is 19.3 Å². The Morgan fingerprint density at radius 2 is 2.00 bits per heavy atom. The number of cyclic esters (lactones) is 1. The zero-order chi connectivity index (χ0) is 22.8. The molecule has 0 saturated heterocycles. The molecule has 5 atom stereocenters. The van der Waals surface area contributed by atoms with Gasteiger partial charge in [0.25, 0.3) is 0 Å². The maximum atomic E-state index is 12.7. The molecule has 0 saturated carbocycles. The van der Waals surface area contributed by atoms with E-state index < -0.39 is 47.7 Å². The summed E-state index contributed by atoms with van der Waals surface area (Å²) >= 11 is 0. The van der Waals surface area contributed by atoms with Crippen LogP contribution in [-0.4, -0.2) is 47.8 Å². The lowest BCUT2D eigenvalue weighted by Gasteiger charge is -2.47. The fourth-order valence-electron chi connectivity index (χ4n) is 3.95. The first-order chi connectivity index (χ1) is 14.0. The summed E-state index contributed by atoms with van der Waals surface area (Å²) in [5.74, 6) is -2.37. The third-order valence-electron chi connectivity index (χ3n) is 6.17. The molecule has 8 heteroatoms. The van der Waals surface area contributed by atoms with Crippen molar-refractivity contribution in [1.29, 1.82) is 0 Å². The summed E-state index contributed by atoms with van der Waals surface area (Å²) < 4.78 is 16.1. The Kier molecular flexibility index (Phi) is 7.02. The van der Waals surface area contributed by atoms with Gasteiger partial charge in [-0.05, 0) is 26.3 Å². The maximum Gasteiger partial charge on any atom is 0.336 e. The molecule has 8 nitrogen and oxygen atoms in total. The smallest absolute Gasteiger partial charge is 0.336 e. The van der Waals surface area contributed by atoms with E-state index in [0.29, 0.717) is 23.9 Å². The molecule has 0 aromatic carbocycles. The monoisotopic (exact) mass is 420 g/mol. The fraction of sp³-hybridized carbons (Fsp3) is 0.545. The number of esters is 3. The summed E-state index contributed by atoms with van der Waals surface area (Å²) in [6.45, 7) is 9.45. The van der Waals surface area contributed by atoms with Gasteiger partial charge in [-0.1, -0.05) is 26.0 Å². The maximum absolute atomic E-state index is 12.7. The van der Waals surface area contributed by atoms with Gasteiger partial charge in [0.05, 0.1) is 0 Å². The van der Waals surface area contributed by atoms with E-state index in [1.165, 1.54) is 13.8 Å². The molecule has 0 aromatic heterocycles. The highest BCUT2D eigenvalue weighted by atomic mass is 16.6. The third kappa shape index (κ3) is 4.09. The lowest BCUT2D eigenvalue weighted by molar-refractivity contribution is -0.165. The molecule has 0 aromatic rings. The van der Waals surface area contributed by atoms with Crippen molar-refractivity contribution < 1.29 is 38.5 Å². The average molecular weight is 420 g/mol. The van der Waals surface area contributed by atoms with Crippen LogP contribution < -0.4 is 0 Å². The van der Waals surface area contributed by atoms with Crippen molar-refractivity contribution >= 4 is 24.2 Å². The zero-order valence-electron chi connectivity index (χ0n) is 18.1. The number of aldehydes is 1. The van der Waals surface area contributed by atoms with Gasteiger partial charge in [-0.2, -0.15) is 0 Å². The lowest BCUT2D eigenvalue weighted by atomic mass is 9.61. The van der Waals surface area contributed by atoms with E-state index in [4.69, 9.17) is 14.2 Å². The van der Waals surface area contributed by atoms with Crippen LogP contribution in [0.15, 0.2) is 34.4 Å². The Morgan fingerprint density at radius 1 is 1.37 bits per heavy atom. The molecule has 1 aliphatic carbocycles. The molecule has 0 unspecified atom stereocenters. The molecule has 0 bridgehead atoms. The quantitative estimate of drug-likeness (QED) is 0.301. The van der Waals surface area contributed by atoms with Gasteiger partial charge in [0.1, 0.15) is 18.5 Å².